The molecule has 30 heavy (non-hydrogen) atoms. The monoisotopic (exact) mass is 452 g/mol. The molecule has 0 aromatic heterocycles. The van der Waals surface area contributed by atoms with Crippen LogP contribution in [0.25, 0.3) is 0 Å². The summed E-state index contributed by atoms with van der Waals surface area (Å²) >= 11 is 6.12. The van der Waals surface area contributed by atoms with Crippen molar-refractivity contribution in [1.29, 1.82) is 0 Å². The first-order valence-corrected chi connectivity index (χ1v) is 11.6. The molecule has 0 atom stereocenters. The number of rotatable bonds is 6. The molecule has 6 nitrogen and oxygen atoms in total. The summed E-state index contributed by atoms with van der Waals surface area (Å²) in [5.41, 5.74) is 0.925. The van der Waals surface area contributed by atoms with Crippen LogP contribution in [-0.2, 0) is 15.6 Å². The fourth-order valence-corrected chi connectivity index (χ4v) is 4.22. The summed E-state index contributed by atoms with van der Waals surface area (Å²) in [4.78, 5) is 14.4. The molecule has 2 N–H and O–H groups in total. The van der Waals surface area contributed by atoms with Gasteiger partial charge in [-0.25, -0.2) is 17.9 Å². The molecule has 8 heteroatoms. The van der Waals surface area contributed by atoms with E-state index >= 15 is 0 Å². The highest BCUT2D eigenvalue weighted by atomic mass is 35.5. The molecule has 164 valence electrons. The van der Waals surface area contributed by atoms with Gasteiger partial charge in [0.05, 0.1) is 10.5 Å². The number of hydrogen-bond donors (Lipinski definition) is 2. The zero-order valence-corrected chi connectivity index (χ0v) is 19.7. The molecular weight excluding hydrogens is 424 g/mol. The Morgan fingerprint density at radius 2 is 1.63 bits per heavy atom. The van der Waals surface area contributed by atoms with E-state index < -0.39 is 21.7 Å². The zero-order valence-electron chi connectivity index (χ0n) is 18.1. The highest BCUT2D eigenvalue weighted by Crippen LogP contribution is 2.32. The Hall–Kier alpha value is -2.09. The quantitative estimate of drug-likeness (QED) is 0.645. The average Bonchev–Trinajstić information content (AvgIpc) is 2.61. The van der Waals surface area contributed by atoms with Gasteiger partial charge in [0.25, 0.3) is 10.0 Å². The zero-order chi connectivity index (χ0) is 22.9. The van der Waals surface area contributed by atoms with Crippen LogP contribution in [0.3, 0.4) is 0 Å². The van der Waals surface area contributed by atoms with Crippen molar-refractivity contribution >= 4 is 33.3 Å². The van der Waals surface area contributed by atoms with Crippen LogP contribution < -0.4 is 9.62 Å². The second-order valence-corrected chi connectivity index (χ2v) is 10.4. The first-order valence-electron chi connectivity index (χ1n) is 9.72. The molecule has 0 aliphatic heterocycles. The topological polar surface area (TPSA) is 86.7 Å². The Kier molecular flexibility index (Phi) is 7.22. The van der Waals surface area contributed by atoms with Gasteiger partial charge in [-0.05, 0) is 75.1 Å². The first kappa shape index (κ1) is 24.2. The van der Waals surface area contributed by atoms with Crippen molar-refractivity contribution in [3.8, 4) is 0 Å². The van der Waals surface area contributed by atoms with Gasteiger partial charge in [-0.3, -0.25) is 4.90 Å². The Morgan fingerprint density at radius 1 is 1.07 bits per heavy atom. The molecule has 0 fully saturated rings. The van der Waals surface area contributed by atoms with Gasteiger partial charge in [0.1, 0.15) is 0 Å². The number of halogens is 1. The minimum Gasteiger partial charge on any atom is -0.386 e. The highest BCUT2D eigenvalue weighted by molar-refractivity contribution is 7.90. The Bertz CT molecular complexity index is 1010. The van der Waals surface area contributed by atoms with Gasteiger partial charge in [0.15, 0.2) is 0 Å². The molecule has 0 bridgehead atoms. The Balaban J connectivity index is 2.38. The number of hydrogen-bond acceptors (Lipinski definition) is 4. The standard InChI is InChI=1S/C22H29ClN2O4S/c1-14(2)19-13-17(23)9-12-20(19)25(15(3)4)21(26)24-30(28,29)18-10-7-16(8-11-18)22(5,6)27/h7-15,27H,1-6H3,(H,24,26). The SMILES string of the molecule is CC(C)c1cc(Cl)ccc1N(C(=O)NS(=O)(=O)c1ccc(C(C)(C)O)cc1)C(C)C. The Labute approximate surface area is 183 Å². The summed E-state index contributed by atoms with van der Waals surface area (Å²) in [5.74, 6) is 0.0822. The summed E-state index contributed by atoms with van der Waals surface area (Å²) in [6, 6.07) is 9.92. The predicted molar refractivity (Wildman–Crippen MR) is 121 cm³/mol. The molecule has 0 spiro atoms. The molecule has 0 saturated heterocycles. The van der Waals surface area contributed by atoms with Gasteiger partial charge < -0.3 is 5.11 Å². The molecule has 2 aromatic carbocycles. The van der Waals surface area contributed by atoms with E-state index in [1.807, 2.05) is 27.7 Å². The minimum atomic E-state index is -4.10. The van der Waals surface area contributed by atoms with E-state index in [1.165, 1.54) is 29.2 Å². The van der Waals surface area contributed by atoms with E-state index in [0.717, 1.165) is 5.56 Å². The summed E-state index contributed by atoms with van der Waals surface area (Å²) < 4.78 is 27.7. The summed E-state index contributed by atoms with van der Waals surface area (Å²) in [7, 11) is -4.10. The number of benzene rings is 2. The van der Waals surface area contributed by atoms with Crippen LogP contribution in [0.4, 0.5) is 10.5 Å². The number of carbonyl (C=O) groups excluding carboxylic acids is 1. The van der Waals surface area contributed by atoms with Crippen LogP contribution in [0.1, 0.15) is 58.6 Å². The third-order valence-corrected chi connectivity index (χ3v) is 6.27. The van der Waals surface area contributed by atoms with Gasteiger partial charge >= 0.3 is 6.03 Å². The molecule has 0 radical (unpaired) electrons. The molecule has 2 aromatic rings. The molecule has 2 rings (SSSR count). The fraction of sp³-hybridized carbons (Fsp3) is 0.409. The lowest BCUT2D eigenvalue weighted by molar-refractivity contribution is 0.0785. The van der Waals surface area contributed by atoms with E-state index in [-0.39, 0.29) is 16.9 Å². The van der Waals surface area contributed by atoms with Gasteiger partial charge in [0, 0.05) is 16.8 Å². The molecule has 0 aliphatic carbocycles. The maximum atomic E-state index is 13.0. The summed E-state index contributed by atoms with van der Waals surface area (Å²) in [6.45, 7) is 10.8. The molecule has 2 amide bonds. The minimum absolute atomic E-state index is 0.0623. The smallest absolute Gasteiger partial charge is 0.336 e. The van der Waals surface area contributed by atoms with Crippen molar-refractivity contribution in [2.75, 3.05) is 4.90 Å². The lowest BCUT2D eigenvalue weighted by Gasteiger charge is -2.30. The van der Waals surface area contributed by atoms with Crippen molar-refractivity contribution in [3.63, 3.8) is 0 Å². The predicted octanol–water partition coefficient (Wildman–Crippen LogP) is 5.00. The first-order chi connectivity index (χ1) is 13.7. The van der Waals surface area contributed by atoms with Gasteiger partial charge in [0.2, 0.25) is 0 Å². The van der Waals surface area contributed by atoms with Crippen LogP contribution in [0.15, 0.2) is 47.4 Å². The number of aliphatic hydroxyl groups is 1. The number of carbonyl (C=O) groups is 1. The average molecular weight is 453 g/mol. The van der Waals surface area contributed by atoms with Crippen LogP contribution in [-0.4, -0.2) is 25.6 Å². The maximum Gasteiger partial charge on any atom is 0.336 e. The third kappa shape index (κ3) is 5.53. The summed E-state index contributed by atoms with van der Waals surface area (Å²) in [6.07, 6.45) is 0. The van der Waals surface area contributed by atoms with Gasteiger partial charge in [-0.15, -0.1) is 0 Å². The number of sulfonamides is 1. The van der Waals surface area contributed by atoms with Crippen LogP contribution in [0.5, 0.6) is 0 Å². The second-order valence-electron chi connectivity index (χ2n) is 8.32. The number of amides is 2. The van der Waals surface area contributed by atoms with E-state index in [1.54, 1.807) is 32.0 Å². The van der Waals surface area contributed by atoms with Gasteiger partial charge in [-0.1, -0.05) is 37.6 Å². The third-order valence-electron chi connectivity index (χ3n) is 4.70. The molecule has 0 aliphatic rings. The van der Waals surface area contributed by atoms with Gasteiger partial charge in [-0.2, -0.15) is 0 Å². The van der Waals surface area contributed by atoms with Crippen molar-refractivity contribution in [3.05, 3.63) is 58.6 Å². The molecular formula is C22H29ClN2O4S. The molecule has 0 heterocycles. The van der Waals surface area contributed by atoms with Crippen molar-refractivity contribution < 1.29 is 18.3 Å². The van der Waals surface area contributed by atoms with Crippen molar-refractivity contribution in [2.24, 2.45) is 0 Å². The molecule has 0 saturated carbocycles. The number of urea groups is 1. The lowest BCUT2D eigenvalue weighted by atomic mass is 9.99. The number of nitrogens with one attached hydrogen (secondary N) is 1. The second kappa shape index (κ2) is 8.96. The van der Waals surface area contributed by atoms with E-state index in [4.69, 9.17) is 11.6 Å². The highest BCUT2D eigenvalue weighted by Gasteiger charge is 2.27. The van der Waals surface area contributed by atoms with E-state index in [9.17, 15) is 18.3 Å². The van der Waals surface area contributed by atoms with Crippen molar-refractivity contribution in [2.45, 2.75) is 64.0 Å². The Morgan fingerprint density at radius 3 is 2.10 bits per heavy atom. The maximum absolute atomic E-state index is 13.0. The lowest BCUT2D eigenvalue weighted by Crippen LogP contribution is -2.46. The summed E-state index contributed by atoms with van der Waals surface area (Å²) in [5, 5.41) is 10.6. The molecule has 0 unspecified atom stereocenters. The van der Waals surface area contributed by atoms with Crippen LogP contribution in [0.2, 0.25) is 5.02 Å². The van der Waals surface area contributed by atoms with Crippen molar-refractivity contribution in [1.82, 2.24) is 4.72 Å². The van der Waals surface area contributed by atoms with Crippen LogP contribution >= 0.6 is 11.6 Å². The van der Waals surface area contributed by atoms with Crippen LogP contribution in [0, 0.1) is 0 Å². The van der Waals surface area contributed by atoms with E-state index in [0.29, 0.717) is 16.3 Å². The largest absolute Gasteiger partial charge is 0.386 e. The number of anilines is 1. The normalized spacial score (nSPS) is 12.3. The number of nitrogens with zero attached hydrogens (tertiary/aromatic N) is 1. The fourth-order valence-electron chi connectivity index (χ4n) is 3.09. The van der Waals surface area contributed by atoms with E-state index in [2.05, 4.69) is 4.72 Å².